The van der Waals surface area contributed by atoms with Crippen molar-refractivity contribution in [2.45, 2.75) is 60.0 Å². The van der Waals surface area contributed by atoms with E-state index in [0.717, 1.165) is 0 Å². The average Bonchev–Trinajstić information content (AvgIpc) is 2.38. The zero-order valence-corrected chi connectivity index (χ0v) is 13.3. The fraction of sp³-hybridized carbons (Fsp3) is 0.688. The smallest absolute Gasteiger partial charge is 0.213 e. The predicted octanol–water partition coefficient (Wildman–Crippen LogP) is 4.43. The lowest BCUT2D eigenvalue weighted by atomic mass is 10.1. The second kappa shape index (κ2) is 10.8. The summed E-state index contributed by atoms with van der Waals surface area (Å²) in [6.07, 6.45) is 3.33. The van der Waals surface area contributed by atoms with E-state index >= 15 is 0 Å². The number of pyridine rings is 1. The molecule has 2 heterocycles. The Bertz CT molecular complexity index is 305. The standard InChI is InChI=1S/C11H15NO2.C3H8.C2H6/c1-8(2)9-3-4-11(12-5-9)14-10-6-13-7-10;1-3-2;1-2/h3-5,8,10H,6-7H2,1-2H3;3H2,1-2H3;1-2H3. The minimum Gasteiger partial charge on any atom is -0.469 e. The van der Waals surface area contributed by atoms with Crippen molar-refractivity contribution >= 4 is 0 Å². The molecule has 2 rings (SSSR count). The molecule has 0 aliphatic carbocycles. The lowest BCUT2D eigenvalue weighted by molar-refractivity contribution is -0.0813. The Morgan fingerprint density at radius 1 is 1.26 bits per heavy atom. The van der Waals surface area contributed by atoms with Gasteiger partial charge in [-0.05, 0) is 11.5 Å². The fourth-order valence-corrected chi connectivity index (χ4v) is 1.26. The van der Waals surface area contributed by atoms with Gasteiger partial charge < -0.3 is 9.47 Å². The Morgan fingerprint density at radius 3 is 2.16 bits per heavy atom. The Hall–Kier alpha value is -1.09. The molecule has 3 nitrogen and oxygen atoms in total. The van der Waals surface area contributed by atoms with E-state index in [1.54, 1.807) is 0 Å². The van der Waals surface area contributed by atoms with Gasteiger partial charge in [0.05, 0.1) is 13.2 Å². The van der Waals surface area contributed by atoms with Crippen LogP contribution in [0.25, 0.3) is 0 Å². The molecule has 0 N–H and O–H groups in total. The molecule has 19 heavy (non-hydrogen) atoms. The first-order valence-electron chi connectivity index (χ1n) is 7.37. The van der Waals surface area contributed by atoms with Gasteiger partial charge in [-0.1, -0.05) is 54.0 Å². The monoisotopic (exact) mass is 267 g/mol. The molecular formula is C16H29NO2. The third kappa shape index (κ3) is 7.16. The lowest BCUT2D eigenvalue weighted by Crippen LogP contribution is -2.38. The molecule has 1 aliphatic rings. The summed E-state index contributed by atoms with van der Waals surface area (Å²) in [4.78, 5) is 4.24. The summed E-state index contributed by atoms with van der Waals surface area (Å²) < 4.78 is 10.6. The van der Waals surface area contributed by atoms with Crippen LogP contribution >= 0.6 is 0 Å². The molecule has 1 fully saturated rings. The van der Waals surface area contributed by atoms with E-state index in [1.165, 1.54) is 12.0 Å². The van der Waals surface area contributed by atoms with Crippen LogP contribution in [-0.2, 0) is 4.74 Å². The Morgan fingerprint density at radius 2 is 1.84 bits per heavy atom. The molecule has 0 radical (unpaired) electrons. The molecule has 0 saturated carbocycles. The van der Waals surface area contributed by atoms with E-state index in [4.69, 9.17) is 9.47 Å². The third-order valence-corrected chi connectivity index (χ3v) is 2.32. The molecule has 0 atom stereocenters. The average molecular weight is 267 g/mol. The maximum absolute atomic E-state index is 5.55. The molecule has 0 bridgehead atoms. The quantitative estimate of drug-likeness (QED) is 0.812. The highest BCUT2D eigenvalue weighted by atomic mass is 16.6. The third-order valence-electron chi connectivity index (χ3n) is 2.32. The van der Waals surface area contributed by atoms with E-state index in [1.807, 2.05) is 26.1 Å². The minimum atomic E-state index is 0.201. The van der Waals surface area contributed by atoms with Crippen LogP contribution in [-0.4, -0.2) is 24.3 Å². The lowest BCUT2D eigenvalue weighted by Gasteiger charge is -2.26. The van der Waals surface area contributed by atoms with Crippen molar-refractivity contribution < 1.29 is 9.47 Å². The Labute approximate surface area is 118 Å². The van der Waals surface area contributed by atoms with Crippen LogP contribution in [0.15, 0.2) is 18.3 Å². The van der Waals surface area contributed by atoms with Gasteiger partial charge in [-0.2, -0.15) is 0 Å². The van der Waals surface area contributed by atoms with Gasteiger partial charge in [-0.3, -0.25) is 0 Å². The highest BCUT2D eigenvalue weighted by Gasteiger charge is 2.20. The van der Waals surface area contributed by atoms with Gasteiger partial charge in [0.25, 0.3) is 0 Å². The molecule has 3 heteroatoms. The van der Waals surface area contributed by atoms with Crippen LogP contribution in [0, 0.1) is 0 Å². The number of nitrogens with zero attached hydrogens (tertiary/aromatic N) is 1. The molecule has 0 aromatic carbocycles. The van der Waals surface area contributed by atoms with Crippen LogP contribution in [0.4, 0.5) is 0 Å². The van der Waals surface area contributed by atoms with Crippen LogP contribution in [0.2, 0.25) is 0 Å². The summed E-state index contributed by atoms with van der Waals surface area (Å²) in [6.45, 7) is 13.9. The van der Waals surface area contributed by atoms with Crippen molar-refractivity contribution in [2.75, 3.05) is 13.2 Å². The topological polar surface area (TPSA) is 31.4 Å². The van der Waals surface area contributed by atoms with E-state index in [-0.39, 0.29) is 6.10 Å². The predicted molar refractivity (Wildman–Crippen MR) is 80.9 cm³/mol. The van der Waals surface area contributed by atoms with E-state index in [2.05, 4.69) is 38.7 Å². The van der Waals surface area contributed by atoms with Gasteiger partial charge in [0.1, 0.15) is 6.10 Å². The number of hydrogen-bond donors (Lipinski definition) is 0. The number of rotatable bonds is 3. The van der Waals surface area contributed by atoms with Crippen molar-refractivity contribution in [3.63, 3.8) is 0 Å². The molecule has 1 aromatic heterocycles. The van der Waals surface area contributed by atoms with Crippen LogP contribution in [0.1, 0.15) is 59.4 Å². The van der Waals surface area contributed by atoms with E-state index in [9.17, 15) is 0 Å². The molecule has 110 valence electrons. The van der Waals surface area contributed by atoms with Gasteiger partial charge in [-0.25, -0.2) is 4.98 Å². The molecular weight excluding hydrogens is 238 g/mol. The Kier molecular flexibility index (Phi) is 10.2. The first kappa shape index (κ1) is 17.9. The zero-order valence-electron chi connectivity index (χ0n) is 13.3. The van der Waals surface area contributed by atoms with E-state index < -0.39 is 0 Å². The second-order valence-corrected chi connectivity index (χ2v) is 4.57. The van der Waals surface area contributed by atoms with Crippen LogP contribution in [0.5, 0.6) is 5.88 Å². The summed E-state index contributed by atoms with van der Waals surface area (Å²) in [6, 6.07) is 3.99. The van der Waals surface area contributed by atoms with Gasteiger partial charge in [0, 0.05) is 12.3 Å². The van der Waals surface area contributed by atoms with Crippen molar-refractivity contribution in [2.24, 2.45) is 0 Å². The van der Waals surface area contributed by atoms with E-state index in [0.29, 0.717) is 25.0 Å². The van der Waals surface area contributed by atoms with Crippen molar-refractivity contribution in [1.29, 1.82) is 0 Å². The molecule has 1 aromatic rings. The minimum absolute atomic E-state index is 0.201. The summed E-state index contributed by atoms with van der Waals surface area (Å²) in [5.41, 5.74) is 1.24. The summed E-state index contributed by atoms with van der Waals surface area (Å²) >= 11 is 0. The molecule has 0 amide bonds. The highest BCUT2D eigenvalue weighted by molar-refractivity contribution is 5.20. The van der Waals surface area contributed by atoms with Crippen molar-refractivity contribution in [3.05, 3.63) is 23.9 Å². The van der Waals surface area contributed by atoms with Gasteiger partial charge in [-0.15, -0.1) is 0 Å². The second-order valence-electron chi connectivity index (χ2n) is 4.57. The largest absolute Gasteiger partial charge is 0.469 e. The maximum atomic E-state index is 5.55. The van der Waals surface area contributed by atoms with Crippen molar-refractivity contribution in [3.8, 4) is 5.88 Å². The normalized spacial score (nSPS) is 13.6. The summed E-state index contributed by atoms with van der Waals surface area (Å²) in [5, 5.41) is 0. The Balaban J connectivity index is 0.000000573. The van der Waals surface area contributed by atoms with Gasteiger partial charge >= 0.3 is 0 Å². The zero-order chi connectivity index (χ0) is 14.7. The summed E-state index contributed by atoms with van der Waals surface area (Å²) in [5.74, 6) is 1.21. The number of ether oxygens (including phenoxy) is 2. The highest BCUT2D eigenvalue weighted by Crippen LogP contribution is 2.17. The molecule has 1 saturated heterocycles. The molecule has 0 unspecified atom stereocenters. The van der Waals surface area contributed by atoms with Gasteiger partial charge in [0.15, 0.2) is 0 Å². The fourth-order valence-electron chi connectivity index (χ4n) is 1.26. The molecule has 1 aliphatic heterocycles. The van der Waals surface area contributed by atoms with Crippen LogP contribution in [0.3, 0.4) is 0 Å². The van der Waals surface area contributed by atoms with Crippen molar-refractivity contribution in [1.82, 2.24) is 4.98 Å². The number of aromatic nitrogens is 1. The van der Waals surface area contributed by atoms with Gasteiger partial charge in [0.2, 0.25) is 5.88 Å². The van der Waals surface area contributed by atoms with Crippen LogP contribution < -0.4 is 4.74 Å². The SMILES string of the molecule is CC.CC(C)c1ccc(OC2COC2)nc1.CCC. The summed E-state index contributed by atoms with van der Waals surface area (Å²) in [7, 11) is 0. The number of hydrogen-bond acceptors (Lipinski definition) is 3. The molecule has 0 spiro atoms. The first-order chi connectivity index (χ1) is 9.17. The maximum Gasteiger partial charge on any atom is 0.213 e. The first-order valence-corrected chi connectivity index (χ1v) is 7.37.